The van der Waals surface area contributed by atoms with Crippen molar-refractivity contribution in [3.63, 3.8) is 0 Å². The fraction of sp³-hybridized carbons (Fsp3) is 0.200. The van der Waals surface area contributed by atoms with Crippen molar-refractivity contribution in [3.8, 4) is 0 Å². The molecule has 4 nitrogen and oxygen atoms in total. The highest BCUT2D eigenvalue weighted by Crippen LogP contribution is 2.19. The SMILES string of the molecule is CCC.Cc1ccc(NC(=O)C(=O)c2c[nH]c3ccccc23)cc1. The molecular weight excluding hydrogens is 300 g/mol. The molecule has 0 fully saturated rings. The first kappa shape index (κ1) is 17.5. The van der Waals surface area contributed by atoms with Crippen LogP contribution >= 0.6 is 0 Å². The summed E-state index contributed by atoms with van der Waals surface area (Å²) in [7, 11) is 0. The van der Waals surface area contributed by atoms with Gasteiger partial charge in [-0.3, -0.25) is 9.59 Å². The number of carbonyl (C=O) groups excluding carboxylic acids is 2. The zero-order chi connectivity index (χ0) is 17.5. The number of hydrogen-bond donors (Lipinski definition) is 2. The van der Waals surface area contributed by atoms with Crippen molar-refractivity contribution < 1.29 is 9.59 Å². The highest BCUT2D eigenvalue weighted by Gasteiger charge is 2.19. The monoisotopic (exact) mass is 322 g/mol. The van der Waals surface area contributed by atoms with Gasteiger partial charge in [-0.05, 0) is 25.1 Å². The van der Waals surface area contributed by atoms with E-state index in [0.29, 0.717) is 11.3 Å². The molecule has 0 unspecified atom stereocenters. The molecule has 0 radical (unpaired) electrons. The number of aromatic nitrogens is 1. The highest BCUT2D eigenvalue weighted by molar-refractivity contribution is 6.48. The van der Waals surface area contributed by atoms with Crippen LogP contribution in [0.1, 0.15) is 36.2 Å². The smallest absolute Gasteiger partial charge is 0.296 e. The number of ketones is 1. The first-order chi connectivity index (χ1) is 11.6. The number of anilines is 1. The Morgan fingerprint density at radius 2 is 1.62 bits per heavy atom. The third-order valence-electron chi connectivity index (χ3n) is 3.35. The van der Waals surface area contributed by atoms with E-state index in [9.17, 15) is 9.59 Å². The van der Waals surface area contributed by atoms with Crippen molar-refractivity contribution >= 4 is 28.3 Å². The lowest BCUT2D eigenvalue weighted by atomic mass is 10.1. The molecule has 0 saturated heterocycles. The molecule has 0 saturated carbocycles. The molecular formula is C20H22N2O2. The summed E-state index contributed by atoms with van der Waals surface area (Å²) in [6.07, 6.45) is 2.82. The van der Waals surface area contributed by atoms with Gasteiger partial charge in [-0.25, -0.2) is 0 Å². The molecule has 1 aromatic heterocycles. The van der Waals surface area contributed by atoms with Crippen molar-refractivity contribution in [2.24, 2.45) is 0 Å². The highest BCUT2D eigenvalue weighted by atomic mass is 16.2. The van der Waals surface area contributed by atoms with Crippen molar-refractivity contribution in [1.82, 2.24) is 4.98 Å². The van der Waals surface area contributed by atoms with Gasteiger partial charge in [0.05, 0.1) is 5.56 Å². The van der Waals surface area contributed by atoms with Gasteiger partial charge in [0, 0.05) is 22.8 Å². The van der Waals surface area contributed by atoms with E-state index in [1.165, 1.54) is 6.42 Å². The van der Waals surface area contributed by atoms with E-state index >= 15 is 0 Å². The van der Waals surface area contributed by atoms with Gasteiger partial charge in [0.2, 0.25) is 0 Å². The lowest BCUT2D eigenvalue weighted by Crippen LogP contribution is -2.22. The van der Waals surface area contributed by atoms with Crippen LogP contribution in [0.2, 0.25) is 0 Å². The Kier molecular flexibility index (Phi) is 5.90. The van der Waals surface area contributed by atoms with Gasteiger partial charge in [-0.15, -0.1) is 0 Å². The van der Waals surface area contributed by atoms with Crippen molar-refractivity contribution in [2.75, 3.05) is 5.32 Å². The van der Waals surface area contributed by atoms with E-state index in [1.807, 2.05) is 43.3 Å². The van der Waals surface area contributed by atoms with E-state index in [2.05, 4.69) is 24.1 Å². The minimum atomic E-state index is -0.636. The molecule has 3 aromatic rings. The number of aryl methyl sites for hydroxylation is 1. The van der Waals surface area contributed by atoms with Crippen molar-refractivity contribution in [2.45, 2.75) is 27.2 Å². The molecule has 124 valence electrons. The Balaban J connectivity index is 0.000000647. The van der Waals surface area contributed by atoms with Gasteiger partial charge in [-0.1, -0.05) is 56.2 Å². The normalized spacial score (nSPS) is 9.96. The van der Waals surface area contributed by atoms with Gasteiger partial charge in [0.25, 0.3) is 11.7 Å². The number of hydrogen-bond acceptors (Lipinski definition) is 2. The maximum atomic E-state index is 12.3. The van der Waals surface area contributed by atoms with Gasteiger partial charge in [-0.2, -0.15) is 0 Å². The second-order valence-corrected chi connectivity index (χ2v) is 5.60. The summed E-state index contributed by atoms with van der Waals surface area (Å²) in [4.78, 5) is 27.3. The lowest BCUT2D eigenvalue weighted by Gasteiger charge is -2.04. The third kappa shape index (κ3) is 4.10. The van der Waals surface area contributed by atoms with Crippen LogP contribution in [-0.4, -0.2) is 16.7 Å². The number of amides is 1. The molecule has 24 heavy (non-hydrogen) atoms. The Bertz CT molecular complexity index is 832. The number of aromatic amines is 1. The lowest BCUT2D eigenvalue weighted by molar-refractivity contribution is -0.112. The molecule has 0 spiro atoms. The summed E-state index contributed by atoms with van der Waals surface area (Å²) in [6, 6.07) is 14.7. The van der Waals surface area contributed by atoms with Crippen LogP contribution < -0.4 is 5.32 Å². The summed E-state index contributed by atoms with van der Waals surface area (Å²) in [5.41, 5.74) is 2.92. The van der Waals surface area contributed by atoms with E-state index in [4.69, 9.17) is 0 Å². The second kappa shape index (κ2) is 8.11. The molecule has 0 aliphatic heterocycles. The van der Waals surface area contributed by atoms with Crippen LogP contribution in [0.5, 0.6) is 0 Å². The Morgan fingerprint density at radius 3 is 2.29 bits per heavy atom. The van der Waals surface area contributed by atoms with Gasteiger partial charge >= 0.3 is 0 Å². The molecule has 0 atom stereocenters. The Hall–Kier alpha value is -2.88. The molecule has 2 N–H and O–H groups in total. The first-order valence-electron chi connectivity index (χ1n) is 8.05. The third-order valence-corrected chi connectivity index (χ3v) is 3.35. The fourth-order valence-electron chi connectivity index (χ4n) is 2.21. The predicted molar refractivity (Wildman–Crippen MR) is 98.4 cm³/mol. The minimum Gasteiger partial charge on any atom is -0.360 e. The number of para-hydroxylation sites is 1. The molecule has 0 aliphatic rings. The molecule has 0 bridgehead atoms. The number of rotatable bonds is 3. The number of benzene rings is 2. The zero-order valence-corrected chi connectivity index (χ0v) is 14.2. The summed E-state index contributed by atoms with van der Waals surface area (Å²) >= 11 is 0. The minimum absolute atomic E-state index is 0.384. The molecule has 3 rings (SSSR count). The Labute approximate surface area is 141 Å². The molecule has 2 aromatic carbocycles. The summed E-state index contributed by atoms with van der Waals surface area (Å²) in [6.45, 7) is 6.21. The quantitative estimate of drug-likeness (QED) is 0.541. The zero-order valence-electron chi connectivity index (χ0n) is 14.2. The van der Waals surface area contributed by atoms with Crippen LogP contribution in [0.15, 0.2) is 54.7 Å². The maximum absolute atomic E-state index is 12.3. The summed E-state index contributed by atoms with van der Waals surface area (Å²) < 4.78 is 0. The van der Waals surface area contributed by atoms with Gasteiger partial charge in [0.15, 0.2) is 0 Å². The van der Waals surface area contributed by atoms with Crippen LogP contribution in [0.4, 0.5) is 5.69 Å². The van der Waals surface area contributed by atoms with Crippen molar-refractivity contribution in [3.05, 3.63) is 65.9 Å². The average molecular weight is 322 g/mol. The predicted octanol–water partition coefficient (Wildman–Crippen LogP) is 4.71. The maximum Gasteiger partial charge on any atom is 0.296 e. The van der Waals surface area contributed by atoms with Crippen LogP contribution in [0, 0.1) is 6.92 Å². The second-order valence-electron chi connectivity index (χ2n) is 5.60. The van der Waals surface area contributed by atoms with Crippen LogP contribution in [0.25, 0.3) is 10.9 Å². The van der Waals surface area contributed by atoms with E-state index in [1.54, 1.807) is 18.3 Å². The Morgan fingerprint density at radius 1 is 1.00 bits per heavy atom. The number of carbonyl (C=O) groups is 2. The molecule has 1 heterocycles. The number of H-pyrrole nitrogens is 1. The van der Waals surface area contributed by atoms with E-state index < -0.39 is 11.7 Å². The standard InChI is InChI=1S/C17H14N2O2.C3H8/c1-11-6-8-12(9-7-11)19-17(21)16(20)14-10-18-15-5-3-2-4-13(14)15;1-3-2/h2-10,18H,1H3,(H,19,21);3H2,1-2H3. The topological polar surface area (TPSA) is 62.0 Å². The van der Waals surface area contributed by atoms with Crippen LogP contribution in [0.3, 0.4) is 0 Å². The summed E-state index contributed by atoms with van der Waals surface area (Å²) in [5, 5.41) is 3.37. The van der Waals surface area contributed by atoms with Crippen LogP contribution in [-0.2, 0) is 4.79 Å². The van der Waals surface area contributed by atoms with Gasteiger partial charge in [0.1, 0.15) is 0 Å². The number of nitrogens with one attached hydrogen (secondary N) is 2. The number of Topliss-reactive ketones (excluding diaryl/α,β-unsaturated/α-hetero) is 1. The molecule has 0 aliphatic carbocycles. The van der Waals surface area contributed by atoms with E-state index in [0.717, 1.165) is 16.5 Å². The number of fused-ring (bicyclic) bond motifs is 1. The molecule has 4 heteroatoms. The van der Waals surface area contributed by atoms with Crippen molar-refractivity contribution in [1.29, 1.82) is 0 Å². The average Bonchev–Trinajstić information content (AvgIpc) is 3.01. The van der Waals surface area contributed by atoms with E-state index in [-0.39, 0.29) is 0 Å². The largest absolute Gasteiger partial charge is 0.360 e. The first-order valence-corrected chi connectivity index (χ1v) is 8.05. The molecule has 1 amide bonds. The summed E-state index contributed by atoms with van der Waals surface area (Å²) in [5.74, 6) is -1.18. The fourth-order valence-corrected chi connectivity index (χ4v) is 2.21. The van der Waals surface area contributed by atoms with Gasteiger partial charge < -0.3 is 10.3 Å².